The van der Waals surface area contributed by atoms with Crippen molar-refractivity contribution in [3.63, 3.8) is 0 Å². The van der Waals surface area contributed by atoms with Crippen LogP contribution in [0.1, 0.15) is 23.6 Å². The minimum atomic E-state index is -0.408. The van der Waals surface area contributed by atoms with Crippen LogP contribution in [0.3, 0.4) is 0 Å². The molecule has 2 rings (SSSR count). The highest BCUT2D eigenvalue weighted by Crippen LogP contribution is 2.36. The van der Waals surface area contributed by atoms with Gasteiger partial charge in [-0.2, -0.15) is 0 Å². The Labute approximate surface area is 99.1 Å². The summed E-state index contributed by atoms with van der Waals surface area (Å²) in [5.41, 5.74) is 7.47. The van der Waals surface area contributed by atoms with Crippen LogP contribution in [0.5, 0.6) is 5.75 Å². The first-order valence-electron chi connectivity index (χ1n) is 4.77. The summed E-state index contributed by atoms with van der Waals surface area (Å²) in [6, 6.07) is 2.86. The van der Waals surface area contributed by atoms with Crippen LogP contribution < -0.4 is 10.5 Å². The average molecular weight is 245 g/mol. The molecular formula is C10H13ClN2O3. The highest BCUT2D eigenvalue weighted by molar-refractivity contribution is 5.85. The van der Waals surface area contributed by atoms with Crippen molar-refractivity contribution in [3.8, 4) is 5.75 Å². The van der Waals surface area contributed by atoms with Gasteiger partial charge in [-0.05, 0) is 12.5 Å². The number of fused-ring (bicyclic) bond motifs is 1. The normalized spacial score (nSPS) is 18.0. The number of ether oxygens (including phenoxy) is 1. The first kappa shape index (κ1) is 12.7. The van der Waals surface area contributed by atoms with Crippen LogP contribution in [-0.2, 0) is 0 Å². The molecule has 0 radical (unpaired) electrons. The van der Waals surface area contributed by atoms with Gasteiger partial charge in [0.05, 0.1) is 11.5 Å². The molecule has 0 amide bonds. The van der Waals surface area contributed by atoms with Crippen molar-refractivity contribution in [2.75, 3.05) is 6.61 Å². The number of nitro groups is 1. The summed E-state index contributed by atoms with van der Waals surface area (Å²) < 4.78 is 5.46. The standard InChI is InChI=1S/C10H12N2O3.ClH/c1-6-4-7(12(13)14)5-8-9(11)2-3-15-10(6)8;/h4-5,9H,2-3,11H2,1H3;1H/t9-;/m1./s1. The topological polar surface area (TPSA) is 78.4 Å². The smallest absolute Gasteiger partial charge is 0.270 e. The Hall–Kier alpha value is -1.33. The molecule has 1 aromatic carbocycles. The molecule has 0 aromatic heterocycles. The van der Waals surface area contributed by atoms with Crippen LogP contribution in [0, 0.1) is 17.0 Å². The molecule has 16 heavy (non-hydrogen) atoms. The molecule has 0 spiro atoms. The molecule has 0 aliphatic carbocycles. The molecule has 1 aliphatic heterocycles. The Balaban J connectivity index is 0.00000128. The van der Waals surface area contributed by atoms with Gasteiger partial charge in [0, 0.05) is 30.2 Å². The highest BCUT2D eigenvalue weighted by atomic mass is 35.5. The number of non-ortho nitro benzene ring substituents is 1. The Bertz CT molecular complexity index is 423. The molecule has 1 aromatic rings. The minimum absolute atomic E-state index is 0. The Morgan fingerprint density at radius 3 is 2.88 bits per heavy atom. The van der Waals surface area contributed by atoms with Crippen LogP contribution in [0.2, 0.25) is 0 Å². The van der Waals surface area contributed by atoms with Crippen LogP contribution >= 0.6 is 12.4 Å². The third-order valence-electron chi connectivity index (χ3n) is 2.57. The van der Waals surface area contributed by atoms with Gasteiger partial charge in [-0.25, -0.2) is 0 Å². The monoisotopic (exact) mass is 244 g/mol. The van der Waals surface area contributed by atoms with Crippen molar-refractivity contribution < 1.29 is 9.66 Å². The largest absolute Gasteiger partial charge is 0.493 e. The quantitative estimate of drug-likeness (QED) is 0.606. The van der Waals surface area contributed by atoms with Gasteiger partial charge in [0.1, 0.15) is 5.75 Å². The van der Waals surface area contributed by atoms with Gasteiger partial charge in [-0.1, -0.05) is 0 Å². The number of aryl methyl sites for hydroxylation is 1. The van der Waals surface area contributed by atoms with E-state index in [0.29, 0.717) is 18.8 Å². The van der Waals surface area contributed by atoms with E-state index in [2.05, 4.69) is 0 Å². The second-order valence-corrected chi connectivity index (χ2v) is 3.68. The maximum absolute atomic E-state index is 10.7. The van der Waals surface area contributed by atoms with Crippen molar-refractivity contribution in [3.05, 3.63) is 33.4 Å². The van der Waals surface area contributed by atoms with E-state index in [4.69, 9.17) is 10.5 Å². The number of hydrogen-bond acceptors (Lipinski definition) is 4. The predicted molar refractivity (Wildman–Crippen MR) is 62.1 cm³/mol. The van der Waals surface area contributed by atoms with E-state index in [9.17, 15) is 10.1 Å². The zero-order chi connectivity index (χ0) is 11.0. The van der Waals surface area contributed by atoms with E-state index in [1.807, 2.05) is 0 Å². The zero-order valence-electron chi connectivity index (χ0n) is 8.80. The molecule has 1 heterocycles. The van der Waals surface area contributed by atoms with E-state index in [-0.39, 0.29) is 24.1 Å². The maximum Gasteiger partial charge on any atom is 0.270 e. The van der Waals surface area contributed by atoms with Crippen molar-refractivity contribution in [2.45, 2.75) is 19.4 Å². The number of nitro benzene ring substituents is 1. The molecule has 88 valence electrons. The Morgan fingerprint density at radius 2 is 2.25 bits per heavy atom. The summed E-state index contributed by atoms with van der Waals surface area (Å²) in [5.74, 6) is 0.708. The number of halogens is 1. The second kappa shape index (κ2) is 4.67. The first-order chi connectivity index (χ1) is 7.09. The molecule has 0 saturated heterocycles. The van der Waals surface area contributed by atoms with Crippen LogP contribution in [0.15, 0.2) is 12.1 Å². The lowest BCUT2D eigenvalue weighted by Gasteiger charge is -2.24. The van der Waals surface area contributed by atoms with Crippen molar-refractivity contribution >= 4 is 18.1 Å². The van der Waals surface area contributed by atoms with Gasteiger partial charge in [-0.15, -0.1) is 12.4 Å². The molecule has 0 unspecified atom stereocenters. The first-order valence-corrected chi connectivity index (χ1v) is 4.77. The van der Waals surface area contributed by atoms with Crippen molar-refractivity contribution in [1.82, 2.24) is 0 Å². The summed E-state index contributed by atoms with van der Waals surface area (Å²) in [4.78, 5) is 10.3. The van der Waals surface area contributed by atoms with Crippen molar-refractivity contribution in [2.24, 2.45) is 5.73 Å². The molecule has 0 saturated carbocycles. The fraction of sp³-hybridized carbons (Fsp3) is 0.400. The van der Waals surface area contributed by atoms with E-state index < -0.39 is 4.92 Å². The SMILES string of the molecule is Cc1cc([N+](=O)[O-])cc2c1OCC[C@H]2N.Cl. The Kier molecular flexibility index (Phi) is 3.72. The van der Waals surface area contributed by atoms with Gasteiger partial charge in [0.2, 0.25) is 0 Å². The van der Waals surface area contributed by atoms with Gasteiger partial charge < -0.3 is 10.5 Å². The molecular weight excluding hydrogens is 232 g/mol. The van der Waals surface area contributed by atoms with Gasteiger partial charge in [-0.3, -0.25) is 10.1 Å². The van der Waals surface area contributed by atoms with Gasteiger partial charge in [0.25, 0.3) is 5.69 Å². The average Bonchev–Trinajstić information content (AvgIpc) is 2.19. The van der Waals surface area contributed by atoms with Gasteiger partial charge >= 0.3 is 0 Å². The summed E-state index contributed by atoms with van der Waals surface area (Å²) in [6.07, 6.45) is 0.702. The number of nitrogens with two attached hydrogens (primary N) is 1. The number of rotatable bonds is 1. The molecule has 0 bridgehead atoms. The minimum Gasteiger partial charge on any atom is -0.493 e. The van der Waals surface area contributed by atoms with Crippen LogP contribution in [-0.4, -0.2) is 11.5 Å². The van der Waals surface area contributed by atoms with Gasteiger partial charge in [0.15, 0.2) is 0 Å². The van der Waals surface area contributed by atoms with E-state index >= 15 is 0 Å². The summed E-state index contributed by atoms with van der Waals surface area (Å²) >= 11 is 0. The van der Waals surface area contributed by atoms with E-state index in [1.165, 1.54) is 12.1 Å². The fourth-order valence-electron chi connectivity index (χ4n) is 1.80. The lowest BCUT2D eigenvalue weighted by molar-refractivity contribution is -0.385. The fourth-order valence-corrected chi connectivity index (χ4v) is 1.80. The lowest BCUT2D eigenvalue weighted by Crippen LogP contribution is -2.21. The Morgan fingerprint density at radius 1 is 1.56 bits per heavy atom. The third-order valence-corrected chi connectivity index (χ3v) is 2.57. The predicted octanol–water partition coefficient (Wildman–Crippen LogP) is 2.11. The summed E-state index contributed by atoms with van der Waals surface area (Å²) in [5, 5.41) is 10.7. The summed E-state index contributed by atoms with van der Waals surface area (Å²) in [7, 11) is 0. The molecule has 6 heteroatoms. The zero-order valence-corrected chi connectivity index (χ0v) is 9.62. The van der Waals surface area contributed by atoms with Crippen LogP contribution in [0.25, 0.3) is 0 Å². The molecule has 5 nitrogen and oxygen atoms in total. The molecule has 2 N–H and O–H groups in total. The molecule has 0 fully saturated rings. The van der Waals surface area contributed by atoms with Crippen LogP contribution in [0.4, 0.5) is 5.69 Å². The summed E-state index contributed by atoms with van der Waals surface area (Å²) in [6.45, 7) is 2.37. The van der Waals surface area contributed by atoms with Crippen molar-refractivity contribution in [1.29, 1.82) is 0 Å². The second-order valence-electron chi connectivity index (χ2n) is 3.68. The molecule has 1 aliphatic rings. The number of hydrogen-bond donors (Lipinski definition) is 1. The maximum atomic E-state index is 10.7. The third kappa shape index (κ3) is 2.10. The highest BCUT2D eigenvalue weighted by Gasteiger charge is 2.23. The van der Waals surface area contributed by atoms with E-state index in [1.54, 1.807) is 6.92 Å². The lowest BCUT2D eigenvalue weighted by atomic mass is 9.98. The van der Waals surface area contributed by atoms with E-state index in [0.717, 1.165) is 11.1 Å². The molecule has 1 atom stereocenters. The number of benzene rings is 1. The number of nitrogens with zero attached hydrogens (tertiary/aromatic N) is 1.